The third-order valence-electron chi connectivity index (χ3n) is 4.29. The average Bonchev–Trinajstić information content (AvgIpc) is 3.09. The summed E-state index contributed by atoms with van der Waals surface area (Å²) in [6, 6.07) is 14.3. The van der Waals surface area contributed by atoms with Crippen LogP contribution in [0.2, 0.25) is 0 Å². The van der Waals surface area contributed by atoms with Crippen LogP contribution in [0.5, 0.6) is 5.75 Å². The Labute approximate surface area is 181 Å². The highest BCUT2D eigenvalue weighted by atomic mass is 32.2. The number of hydrogen-bond acceptors (Lipinski definition) is 5. The average molecular weight is 450 g/mol. The Kier molecular flexibility index (Phi) is 7.56. The molecule has 10 heteroatoms. The van der Waals surface area contributed by atoms with Gasteiger partial charge in [-0.2, -0.15) is 13.2 Å². The molecule has 3 aromatic rings. The van der Waals surface area contributed by atoms with E-state index in [1.807, 2.05) is 41.8 Å². The van der Waals surface area contributed by atoms with E-state index in [9.17, 15) is 18.0 Å². The number of nitrogens with one attached hydrogen (secondary N) is 1. The molecule has 1 N–H and O–H groups in total. The van der Waals surface area contributed by atoms with Gasteiger partial charge in [0.25, 0.3) is 0 Å². The second-order valence-corrected chi connectivity index (χ2v) is 7.55. The van der Waals surface area contributed by atoms with Crippen LogP contribution in [0, 0.1) is 6.92 Å². The number of halogens is 3. The van der Waals surface area contributed by atoms with Gasteiger partial charge in [-0.15, -0.1) is 10.2 Å². The highest BCUT2D eigenvalue weighted by molar-refractivity contribution is 7.99. The van der Waals surface area contributed by atoms with Crippen LogP contribution in [0.1, 0.15) is 17.0 Å². The first-order valence-electron chi connectivity index (χ1n) is 9.46. The minimum atomic E-state index is -4.38. The standard InChI is InChI=1S/C21H21F3N4O2S/c1-15-26-27-20(28(15)13-16-5-3-2-4-6-16)31-14-19(29)25-11-12-30-18-9-7-17(8-10-18)21(22,23)24/h2-10H,11-14H2,1H3,(H,25,29). The molecule has 0 saturated heterocycles. The molecule has 0 saturated carbocycles. The van der Waals surface area contributed by atoms with Crippen molar-refractivity contribution in [2.24, 2.45) is 0 Å². The Morgan fingerprint density at radius 3 is 2.48 bits per heavy atom. The molecule has 164 valence electrons. The number of aryl methyl sites for hydroxylation is 1. The normalized spacial score (nSPS) is 11.4. The van der Waals surface area contributed by atoms with E-state index < -0.39 is 11.7 Å². The number of hydrogen-bond donors (Lipinski definition) is 1. The first kappa shape index (κ1) is 22.7. The Morgan fingerprint density at radius 2 is 1.81 bits per heavy atom. The second kappa shape index (κ2) is 10.3. The summed E-state index contributed by atoms with van der Waals surface area (Å²) in [5.74, 6) is 1.03. The van der Waals surface area contributed by atoms with Gasteiger partial charge in [-0.25, -0.2) is 0 Å². The number of ether oxygens (including phenoxy) is 1. The maximum absolute atomic E-state index is 12.5. The topological polar surface area (TPSA) is 69.0 Å². The molecule has 31 heavy (non-hydrogen) atoms. The van der Waals surface area contributed by atoms with E-state index >= 15 is 0 Å². The summed E-state index contributed by atoms with van der Waals surface area (Å²) in [6.45, 7) is 2.85. The molecule has 0 atom stereocenters. The molecule has 1 amide bonds. The maximum Gasteiger partial charge on any atom is 0.416 e. The summed E-state index contributed by atoms with van der Waals surface area (Å²) in [4.78, 5) is 12.1. The van der Waals surface area contributed by atoms with Gasteiger partial charge in [0.05, 0.1) is 24.4 Å². The minimum absolute atomic E-state index is 0.144. The van der Waals surface area contributed by atoms with E-state index in [1.165, 1.54) is 23.9 Å². The van der Waals surface area contributed by atoms with Crippen molar-refractivity contribution in [2.75, 3.05) is 18.9 Å². The fourth-order valence-corrected chi connectivity index (χ4v) is 3.51. The molecular formula is C21H21F3N4O2S. The second-order valence-electron chi connectivity index (χ2n) is 6.61. The predicted octanol–water partition coefficient (Wildman–Crippen LogP) is 3.94. The summed E-state index contributed by atoms with van der Waals surface area (Å²) in [5, 5.41) is 11.6. The lowest BCUT2D eigenvalue weighted by atomic mass is 10.2. The van der Waals surface area contributed by atoms with Crippen molar-refractivity contribution in [3.63, 3.8) is 0 Å². The number of aromatic nitrogens is 3. The third-order valence-corrected chi connectivity index (χ3v) is 5.26. The van der Waals surface area contributed by atoms with E-state index in [4.69, 9.17) is 4.74 Å². The number of benzene rings is 2. The molecule has 0 aliphatic heterocycles. The van der Waals surface area contributed by atoms with Crippen molar-refractivity contribution in [1.82, 2.24) is 20.1 Å². The van der Waals surface area contributed by atoms with Gasteiger partial charge in [0, 0.05) is 0 Å². The van der Waals surface area contributed by atoms with Crippen molar-refractivity contribution < 1.29 is 22.7 Å². The Hall–Kier alpha value is -3.01. The molecule has 0 spiro atoms. The van der Waals surface area contributed by atoms with Crippen LogP contribution in [0.25, 0.3) is 0 Å². The number of alkyl halides is 3. The minimum Gasteiger partial charge on any atom is -0.492 e. The molecule has 2 aromatic carbocycles. The Balaban J connectivity index is 1.41. The molecule has 1 heterocycles. The summed E-state index contributed by atoms with van der Waals surface area (Å²) in [6.07, 6.45) is -4.38. The zero-order valence-corrected chi connectivity index (χ0v) is 17.5. The van der Waals surface area contributed by atoms with Crippen LogP contribution >= 0.6 is 11.8 Å². The number of nitrogens with zero attached hydrogens (tertiary/aromatic N) is 3. The Bertz CT molecular complexity index is 992. The quantitative estimate of drug-likeness (QED) is 0.395. The smallest absolute Gasteiger partial charge is 0.416 e. The summed E-state index contributed by atoms with van der Waals surface area (Å²) < 4.78 is 44.9. The molecule has 1 aromatic heterocycles. The Morgan fingerprint density at radius 1 is 1.10 bits per heavy atom. The fourth-order valence-electron chi connectivity index (χ4n) is 2.70. The highest BCUT2D eigenvalue weighted by Crippen LogP contribution is 2.30. The molecule has 0 radical (unpaired) electrons. The number of carbonyl (C=O) groups excluding carboxylic acids is 1. The van der Waals surface area contributed by atoms with Gasteiger partial charge in [-0.1, -0.05) is 42.1 Å². The molecule has 0 bridgehead atoms. The lowest BCUT2D eigenvalue weighted by molar-refractivity contribution is -0.137. The van der Waals surface area contributed by atoms with E-state index in [-0.39, 0.29) is 24.8 Å². The van der Waals surface area contributed by atoms with Gasteiger partial charge >= 0.3 is 6.18 Å². The molecule has 0 aliphatic rings. The van der Waals surface area contributed by atoms with Crippen LogP contribution in [-0.2, 0) is 17.5 Å². The first-order chi connectivity index (χ1) is 14.8. The number of thioether (sulfide) groups is 1. The summed E-state index contributed by atoms with van der Waals surface area (Å²) in [5.41, 5.74) is 0.373. The van der Waals surface area contributed by atoms with Gasteiger partial charge in [0.1, 0.15) is 18.2 Å². The summed E-state index contributed by atoms with van der Waals surface area (Å²) >= 11 is 1.28. The monoisotopic (exact) mass is 450 g/mol. The molecule has 0 aliphatic carbocycles. The van der Waals surface area contributed by atoms with Gasteiger partial charge < -0.3 is 14.6 Å². The maximum atomic E-state index is 12.5. The van der Waals surface area contributed by atoms with Crippen LogP contribution < -0.4 is 10.1 Å². The lowest BCUT2D eigenvalue weighted by Gasteiger charge is -2.10. The molecule has 0 unspecified atom stereocenters. The van der Waals surface area contributed by atoms with E-state index in [0.717, 1.165) is 23.5 Å². The molecule has 0 fully saturated rings. The lowest BCUT2D eigenvalue weighted by Crippen LogP contribution is -2.29. The van der Waals surface area contributed by atoms with Crippen molar-refractivity contribution >= 4 is 17.7 Å². The molecule has 6 nitrogen and oxygen atoms in total. The van der Waals surface area contributed by atoms with Crippen molar-refractivity contribution in [3.8, 4) is 5.75 Å². The van der Waals surface area contributed by atoms with Gasteiger partial charge in [0.15, 0.2) is 5.16 Å². The van der Waals surface area contributed by atoms with E-state index in [2.05, 4.69) is 15.5 Å². The SMILES string of the molecule is Cc1nnc(SCC(=O)NCCOc2ccc(C(F)(F)F)cc2)n1Cc1ccccc1. The van der Waals surface area contributed by atoms with Crippen LogP contribution in [0.4, 0.5) is 13.2 Å². The van der Waals surface area contributed by atoms with Crippen molar-refractivity contribution in [2.45, 2.75) is 24.8 Å². The van der Waals surface area contributed by atoms with Gasteiger partial charge in [-0.05, 0) is 36.8 Å². The fraction of sp³-hybridized carbons (Fsp3) is 0.286. The predicted molar refractivity (Wildman–Crippen MR) is 111 cm³/mol. The van der Waals surface area contributed by atoms with Crippen molar-refractivity contribution in [3.05, 3.63) is 71.5 Å². The number of amides is 1. The first-order valence-corrected chi connectivity index (χ1v) is 10.4. The molecular weight excluding hydrogens is 429 g/mol. The van der Waals surface area contributed by atoms with Crippen LogP contribution in [0.3, 0.4) is 0 Å². The van der Waals surface area contributed by atoms with Crippen LogP contribution in [0.15, 0.2) is 59.8 Å². The zero-order chi connectivity index (χ0) is 22.3. The highest BCUT2D eigenvalue weighted by Gasteiger charge is 2.30. The van der Waals surface area contributed by atoms with E-state index in [0.29, 0.717) is 17.5 Å². The van der Waals surface area contributed by atoms with E-state index in [1.54, 1.807) is 0 Å². The van der Waals surface area contributed by atoms with Gasteiger partial charge in [-0.3, -0.25) is 4.79 Å². The zero-order valence-electron chi connectivity index (χ0n) is 16.7. The van der Waals surface area contributed by atoms with Gasteiger partial charge in [0.2, 0.25) is 5.91 Å². The molecule has 3 rings (SSSR count). The van der Waals surface area contributed by atoms with Crippen LogP contribution in [-0.4, -0.2) is 39.6 Å². The number of carbonyl (C=O) groups is 1. The summed E-state index contributed by atoms with van der Waals surface area (Å²) in [7, 11) is 0. The van der Waals surface area contributed by atoms with Crippen molar-refractivity contribution in [1.29, 1.82) is 0 Å². The third kappa shape index (κ3) is 6.74. The number of rotatable bonds is 9. The largest absolute Gasteiger partial charge is 0.492 e.